The van der Waals surface area contributed by atoms with Crippen LogP contribution in [0.5, 0.6) is 5.75 Å². The van der Waals surface area contributed by atoms with E-state index in [1.54, 1.807) is 0 Å². The molecule has 0 saturated heterocycles. The molecule has 3 aromatic rings. The molecule has 1 atom stereocenters. The molecule has 0 radical (unpaired) electrons. The molecule has 0 saturated carbocycles. The number of nitriles is 1. The molecule has 0 spiro atoms. The Morgan fingerprint density at radius 2 is 2.13 bits per heavy atom. The van der Waals surface area contributed by atoms with Crippen LogP contribution in [0.1, 0.15) is 51.4 Å². The van der Waals surface area contributed by atoms with Gasteiger partial charge in [-0.1, -0.05) is 29.8 Å². The molecule has 2 aliphatic rings. The fourth-order valence-electron chi connectivity index (χ4n) is 4.73. The third-order valence-corrected chi connectivity index (χ3v) is 6.54. The summed E-state index contributed by atoms with van der Waals surface area (Å²) in [6.07, 6.45) is 2.73. The zero-order valence-corrected chi connectivity index (χ0v) is 17.6. The van der Waals surface area contributed by atoms with Crippen molar-refractivity contribution in [3.05, 3.63) is 69.2 Å². The van der Waals surface area contributed by atoms with Crippen molar-refractivity contribution < 1.29 is 9.53 Å². The lowest BCUT2D eigenvalue weighted by atomic mass is 9.77. The van der Waals surface area contributed by atoms with Gasteiger partial charge in [-0.05, 0) is 59.5 Å². The minimum Gasteiger partial charge on any atom is -0.489 e. The predicted molar refractivity (Wildman–Crippen MR) is 119 cm³/mol. The van der Waals surface area contributed by atoms with Crippen LogP contribution in [0.3, 0.4) is 0 Å². The van der Waals surface area contributed by atoms with Crippen LogP contribution in [-0.2, 0) is 6.42 Å². The molecule has 1 amide bonds. The van der Waals surface area contributed by atoms with Crippen LogP contribution < -0.4 is 10.1 Å². The fourth-order valence-corrected chi connectivity index (χ4v) is 5.17. The van der Waals surface area contributed by atoms with E-state index in [-0.39, 0.29) is 11.8 Å². The Hall–Kier alpha value is -2.74. The second-order valence-corrected chi connectivity index (χ2v) is 8.41. The number of amides is 1. The van der Waals surface area contributed by atoms with Crippen LogP contribution in [0.4, 0.5) is 5.69 Å². The highest BCUT2D eigenvalue weighted by atomic mass is 35.5. The lowest BCUT2D eigenvalue weighted by Gasteiger charge is -2.28. The fraction of sp³-hybridized carbons (Fsp3) is 0.250. The van der Waals surface area contributed by atoms with Crippen molar-refractivity contribution in [3.63, 3.8) is 0 Å². The largest absolute Gasteiger partial charge is 0.489 e. The monoisotopic (exact) mass is 436 g/mol. The SMILES string of the molecule is N#Cc1cc2c(c(Cl)c1OCCCl)CCCC2c1cc2c3c(cccc3c1)NC2=O. The third kappa shape index (κ3) is 2.93. The van der Waals surface area contributed by atoms with E-state index in [2.05, 4.69) is 17.5 Å². The predicted octanol–water partition coefficient (Wildman–Crippen LogP) is 6.02. The molecule has 1 heterocycles. The van der Waals surface area contributed by atoms with Gasteiger partial charge in [-0.2, -0.15) is 5.26 Å². The number of carbonyl (C=O) groups is 1. The first-order chi connectivity index (χ1) is 14.6. The summed E-state index contributed by atoms with van der Waals surface area (Å²) in [6.45, 7) is 0.295. The number of ether oxygens (including phenoxy) is 1. The molecule has 0 bridgehead atoms. The van der Waals surface area contributed by atoms with E-state index in [0.29, 0.717) is 34.4 Å². The topological polar surface area (TPSA) is 62.1 Å². The molecule has 4 nitrogen and oxygen atoms in total. The van der Waals surface area contributed by atoms with Gasteiger partial charge in [0.15, 0.2) is 5.75 Å². The highest BCUT2D eigenvalue weighted by Gasteiger charge is 2.30. The molecule has 0 aromatic heterocycles. The van der Waals surface area contributed by atoms with Crippen LogP contribution in [0, 0.1) is 11.3 Å². The van der Waals surface area contributed by atoms with Gasteiger partial charge < -0.3 is 10.1 Å². The van der Waals surface area contributed by atoms with Crippen molar-refractivity contribution in [3.8, 4) is 11.8 Å². The van der Waals surface area contributed by atoms with E-state index in [0.717, 1.165) is 52.4 Å². The second-order valence-electron chi connectivity index (χ2n) is 7.66. The maximum Gasteiger partial charge on any atom is 0.256 e. The first kappa shape index (κ1) is 19.2. The average Bonchev–Trinajstić information content (AvgIpc) is 3.09. The van der Waals surface area contributed by atoms with E-state index in [4.69, 9.17) is 27.9 Å². The third-order valence-electron chi connectivity index (χ3n) is 5.99. The number of carbonyl (C=O) groups excluding carboxylic acids is 1. The van der Waals surface area contributed by atoms with E-state index in [9.17, 15) is 10.1 Å². The van der Waals surface area contributed by atoms with Crippen molar-refractivity contribution in [2.75, 3.05) is 17.8 Å². The number of halogens is 2. The molecular formula is C24H18Cl2N2O2. The standard InChI is InChI=1S/C24H18Cl2N2O2/c25-7-8-30-23-15(12-27)11-18-16(4-2-5-17(18)22(23)26)14-9-13-3-1-6-20-21(13)19(10-14)24(29)28-20/h1,3,6,9-11,16H,2,4-5,7-8H2,(H,28,29). The van der Waals surface area contributed by atoms with E-state index in [1.165, 1.54) is 0 Å². The van der Waals surface area contributed by atoms with Crippen LogP contribution in [-0.4, -0.2) is 18.4 Å². The molecule has 1 aliphatic carbocycles. The molecular weight excluding hydrogens is 419 g/mol. The van der Waals surface area contributed by atoms with Gasteiger partial charge in [0.2, 0.25) is 0 Å². The molecule has 0 fully saturated rings. The highest BCUT2D eigenvalue weighted by molar-refractivity contribution is 6.33. The number of fused-ring (bicyclic) bond motifs is 1. The summed E-state index contributed by atoms with van der Waals surface area (Å²) in [4.78, 5) is 12.5. The minimum atomic E-state index is -0.0698. The van der Waals surface area contributed by atoms with Gasteiger partial charge in [-0.25, -0.2) is 0 Å². The maximum atomic E-state index is 12.5. The summed E-state index contributed by atoms with van der Waals surface area (Å²) in [6, 6.07) is 14.2. The van der Waals surface area contributed by atoms with Gasteiger partial charge >= 0.3 is 0 Å². The van der Waals surface area contributed by atoms with Gasteiger partial charge in [0, 0.05) is 22.6 Å². The summed E-state index contributed by atoms with van der Waals surface area (Å²) in [5.74, 6) is 0.739. The minimum absolute atomic E-state index is 0.0677. The Balaban J connectivity index is 1.67. The first-order valence-electron chi connectivity index (χ1n) is 9.94. The van der Waals surface area contributed by atoms with Gasteiger partial charge in [0.25, 0.3) is 5.91 Å². The number of alkyl halides is 1. The Morgan fingerprint density at radius 1 is 1.27 bits per heavy atom. The Kier molecular flexibility index (Phi) is 4.81. The zero-order valence-electron chi connectivity index (χ0n) is 16.1. The van der Waals surface area contributed by atoms with Crippen molar-refractivity contribution >= 4 is 45.6 Å². The second kappa shape index (κ2) is 7.50. The summed E-state index contributed by atoms with van der Waals surface area (Å²) in [5, 5.41) is 15.2. The van der Waals surface area contributed by atoms with Crippen molar-refractivity contribution in [1.82, 2.24) is 0 Å². The highest BCUT2D eigenvalue weighted by Crippen LogP contribution is 2.46. The number of benzene rings is 3. The molecule has 30 heavy (non-hydrogen) atoms. The molecule has 150 valence electrons. The van der Waals surface area contributed by atoms with Crippen molar-refractivity contribution in [2.24, 2.45) is 0 Å². The van der Waals surface area contributed by atoms with Gasteiger partial charge in [0.05, 0.1) is 16.5 Å². The molecule has 1 unspecified atom stereocenters. The summed E-state index contributed by atoms with van der Waals surface area (Å²) in [7, 11) is 0. The van der Waals surface area contributed by atoms with E-state index in [1.807, 2.05) is 30.3 Å². The van der Waals surface area contributed by atoms with Gasteiger partial charge in [0.1, 0.15) is 12.7 Å². The summed E-state index contributed by atoms with van der Waals surface area (Å²) in [5.41, 5.74) is 5.12. The maximum absolute atomic E-state index is 12.5. The smallest absolute Gasteiger partial charge is 0.256 e. The normalized spacial score (nSPS) is 16.8. The first-order valence-corrected chi connectivity index (χ1v) is 10.9. The van der Waals surface area contributed by atoms with Gasteiger partial charge in [-0.3, -0.25) is 4.79 Å². The van der Waals surface area contributed by atoms with E-state index < -0.39 is 0 Å². The average molecular weight is 437 g/mol. The van der Waals surface area contributed by atoms with Gasteiger partial charge in [-0.15, -0.1) is 11.6 Å². The quantitative estimate of drug-likeness (QED) is 0.508. The Morgan fingerprint density at radius 3 is 2.93 bits per heavy atom. The number of hydrogen-bond donors (Lipinski definition) is 1. The van der Waals surface area contributed by atoms with Crippen LogP contribution in [0.15, 0.2) is 36.4 Å². The number of nitrogens with zero attached hydrogens (tertiary/aromatic N) is 1. The molecule has 6 heteroatoms. The van der Waals surface area contributed by atoms with Crippen LogP contribution in [0.25, 0.3) is 10.8 Å². The summed E-state index contributed by atoms with van der Waals surface area (Å²) < 4.78 is 5.69. The Labute approximate surface area is 184 Å². The van der Waals surface area contributed by atoms with Crippen molar-refractivity contribution in [1.29, 1.82) is 5.26 Å². The molecule has 1 N–H and O–H groups in total. The lowest BCUT2D eigenvalue weighted by Crippen LogP contribution is -2.14. The zero-order chi connectivity index (χ0) is 20.8. The molecule has 5 rings (SSSR count). The van der Waals surface area contributed by atoms with Crippen LogP contribution in [0.2, 0.25) is 5.02 Å². The van der Waals surface area contributed by atoms with Crippen molar-refractivity contribution in [2.45, 2.75) is 25.2 Å². The number of hydrogen-bond acceptors (Lipinski definition) is 3. The number of nitrogens with one attached hydrogen (secondary N) is 1. The number of rotatable bonds is 4. The molecule has 3 aromatic carbocycles. The Bertz CT molecular complexity index is 1250. The molecule has 1 aliphatic heterocycles. The summed E-state index contributed by atoms with van der Waals surface area (Å²) >= 11 is 12.5. The lowest BCUT2D eigenvalue weighted by molar-refractivity contribution is 0.103. The number of anilines is 1. The van der Waals surface area contributed by atoms with Crippen LogP contribution >= 0.6 is 23.2 Å². The van der Waals surface area contributed by atoms with E-state index >= 15 is 0 Å².